The summed E-state index contributed by atoms with van der Waals surface area (Å²) in [4.78, 5) is 10.9. The molecule has 0 atom stereocenters. The van der Waals surface area contributed by atoms with Crippen LogP contribution in [0.3, 0.4) is 0 Å². The minimum Gasteiger partial charge on any atom is -0.493 e. The summed E-state index contributed by atoms with van der Waals surface area (Å²) in [7, 11) is 1.47. The largest absolute Gasteiger partial charge is 0.493 e. The highest BCUT2D eigenvalue weighted by molar-refractivity contribution is 5.90. The molecule has 1 aromatic rings. The van der Waals surface area contributed by atoms with Crippen molar-refractivity contribution >= 4 is 11.7 Å². The van der Waals surface area contributed by atoms with E-state index in [0.717, 1.165) is 19.3 Å². The van der Waals surface area contributed by atoms with E-state index in [-0.39, 0.29) is 11.7 Å². The van der Waals surface area contributed by atoms with Crippen LogP contribution in [0.4, 0.5) is 5.69 Å². The standard InChI is InChI=1S/C12H15NO4/c1-16-10-6-7(12(14)15)5-9(13)11(10)17-8-3-2-4-8/h5-6,8H,2-4,13H2,1H3,(H,14,15). The van der Waals surface area contributed by atoms with Gasteiger partial charge in [-0.25, -0.2) is 4.79 Å². The summed E-state index contributed by atoms with van der Waals surface area (Å²) in [5.41, 5.74) is 6.19. The first-order chi connectivity index (χ1) is 8.11. The van der Waals surface area contributed by atoms with E-state index in [1.807, 2.05) is 0 Å². The lowest BCUT2D eigenvalue weighted by atomic mass is 9.96. The number of hydrogen-bond donors (Lipinski definition) is 2. The van der Waals surface area contributed by atoms with Crippen molar-refractivity contribution in [3.05, 3.63) is 17.7 Å². The summed E-state index contributed by atoms with van der Waals surface area (Å²) in [5, 5.41) is 8.91. The predicted molar refractivity (Wildman–Crippen MR) is 62.6 cm³/mol. The van der Waals surface area contributed by atoms with Crippen LogP contribution in [0.5, 0.6) is 11.5 Å². The molecule has 1 saturated carbocycles. The number of hydrogen-bond acceptors (Lipinski definition) is 4. The quantitative estimate of drug-likeness (QED) is 0.781. The van der Waals surface area contributed by atoms with Gasteiger partial charge in [-0.15, -0.1) is 0 Å². The molecule has 5 nitrogen and oxygen atoms in total. The molecule has 0 saturated heterocycles. The molecule has 0 spiro atoms. The van der Waals surface area contributed by atoms with Gasteiger partial charge in [0.05, 0.1) is 24.5 Å². The Labute approximate surface area is 99.1 Å². The smallest absolute Gasteiger partial charge is 0.335 e. The van der Waals surface area contributed by atoms with E-state index in [1.165, 1.54) is 19.2 Å². The third-order valence-electron chi connectivity index (χ3n) is 2.89. The van der Waals surface area contributed by atoms with Crippen LogP contribution >= 0.6 is 0 Å². The lowest BCUT2D eigenvalue weighted by Crippen LogP contribution is -2.25. The first-order valence-electron chi connectivity index (χ1n) is 5.49. The number of nitrogens with two attached hydrogens (primary N) is 1. The average molecular weight is 237 g/mol. The Kier molecular flexibility index (Phi) is 3.08. The maximum absolute atomic E-state index is 10.9. The molecule has 0 aliphatic heterocycles. The van der Waals surface area contributed by atoms with Gasteiger partial charge in [-0.2, -0.15) is 0 Å². The van der Waals surface area contributed by atoms with Crippen molar-refractivity contribution in [2.75, 3.05) is 12.8 Å². The Morgan fingerprint density at radius 3 is 2.65 bits per heavy atom. The van der Waals surface area contributed by atoms with E-state index >= 15 is 0 Å². The second-order valence-electron chi connectivity index (χ2n) is 4.07. The number of ether oxygens (including phenoxy) is 2. The van der Waals surface area contributed by atoms with Crippen molar-refractivity contribution in [1.82, 2.24) is 0 Å². The minimum absolute atomic E-state index is 0.0975. The topological polar surface area (TPSA) is 81.8 Å². The van der Waals surface area contributed by atoms with Gasteiger partial charge >= 0.3 is 5.97 Å². The van der Waals surface area contributed by atoms with Gasteiger partial charge < -0.3 is 20.3 Å². The monoisotopic (exact) mass is 237 g/mol. The fraction of sp³-hybridized carbons (Fsp3) is 0.417. The fourth-order valence-corrected chi connectivity index (χ4v) is 1.68. The number of rotatable bonds is 4. The first-order valence-corrected chi connectivity index (χ1v) is 5.49. The van der Waals surface area contributed by atoms with Gasteiger partial charge in [0.2, 0.25) is 0 Å². The number of methoxy groups -OCH3 is 1. The highest BCUT2D eigenvalue weighted by Crippen LogP contribution is 2.38. The highest BCUT2D eigenvalue weighted by Gasteiger charge is 2.23. The SMILES string of the molecule is COc1cc(C(=O)O)cc(N)c1OC1CCC1. The number of carbonyl (C=O) groups is 1. The second-order valence-corrected chi connectivity index (χ2v) is 4.07. The number of aromatic carboxylic acids is 1. The van der Waals surface area contributed by atoms with Gasteiger partial charge in [0, 0.05) is 0 Å². The zero-order valence-electron chi connectivity index (χ0n) is 9.60. The summed E-state index contributed by atoms with van der Waals surface area (Å²) < 4.78 is 10.8. The predicted octanol–water partition coefficient (Wildman–Crippen LogP) is 1.91. The molecule has 1 aromatic carbocycles. The number of nitrogen functional groups attached to an aromatic ring is 1. The second kappa shape index (κ2) is 4.53. The van der Waals surface area contributed by atoms with E-state index in [4.69, 9.17) is 20.3 Å². The van der Waals surface area contributed by atoms with E-state index in [9.17, 15) is 4.79 Å². The van der Waals surface area contributed by atoms with E-state index < -0.39 is 5.97 Å². The van der Waals surface area contributed by atoms with Crippen LogP contribution < -0.4 is 15.2 Å². The normalized spacial score (nSPS) is 15.1. The molecule has 1 aliphatic rings. The molecule has 1 fully saturated rings. The Bertz CT molecular complexity index is 440. The van der Waals surface area contributed by atoms with Crippen LogP contribution in [-0.2, 0) is 0 Å². The van der Waals surface area contributed by atoms with Crippen LogP contribution in [0.1, 0.15) is 29.6 Å². The third kappa shape index (κ3) is 2.27. The van der Waals surface area contributed by atoms with Crippen molar-refractivity contribution in [3.8, 4) is 11.5 Å². The maximum atomic E-state index is 10.9. The highest BCUT2D eigenvalue weighted by atomic mass is 16.5. The lowest BCUT2D eigenvalue weighted by molar-refractivity contribution is 0.0696. The Morgan fingerprint density at radius 2 is 2.18 bits per heavy atom. The lowest BCUT2D eigenvalue weighted by Gasteiger charge is -2.27. The van der Waals surface area contributed by atoms with Gasteiger partial charge in [-0.1, -0.05) is 0 Å². The molecule has 0 amide bonds. The minimum atomic E-state index is -1.04. The summed E-state index contributed by atoms with van der Waals surface area (Å²) >= 11 is 0. The van der Waals surface area contributed by atoms with Crippen molar-refractivity contribution in [1.29, 1.82) is 0 Å². The zero-order valence-corrected chi connectivity index (χ0v) is 9.60. The van der Waals surface area contributed by atoms with Crippen molar-refractivity contribution < 1.29 is 19.4 Å². The van der Waals surface area contributed by atoms with Crippen LogP contribution in [-0.4, -0.2) is 24.3 Å². The fourth-order valence-electron chi connectivity index (χ4n) is 1.68. The Balaban J connectivity index is 2.32. The molecule has 3 N–H and O–H groups in total. The molecule has 0 unspecified atom stereocenters. The average Bonchev–Trinajstić information content (AvgIpc) is 2.23. The molecule has 5 heteroatoms. The van der Waals surface area contributed by atoms with Crippen LogP contribution in [0.2, 0.25) is 0 Å². The van der Waals surface area contributed by atoms with Crippen molar-refractivity contribution in [3.63, 3.8) is 0 Å². The number of carboxylic acid groups (broad SMARTS) is 1. The zero-order chi connectivity index (χ0) is 12.4. The van der Waals surface area contributed by atoms with Gasteiger partial charge in [-0.3, -0.25) is 0 Å². The summed E-state index contributed by atoms with van der Waals surface area (Å²) in [6.07, 6.45) is 3.33. The number of benzene rings is 1. The molecule has 0 aromatic heterocycles. The van der Waals surface area contributed by atoms with Crippen LogP contribution in [0.25, 0.3) is 0 Å². The van der Waals surface area contributed by atoms with Gasteiger partial charge in [-0.05, 0) is 31.4 Å². The Morgan fingerprint density at radius 1 is 1.47 bits per heavy atom. The molecule has 92 valence electrons. The molecule has 0 bridgehead atoms. The molecular weight excluding hydrogens is 222 g/mol. The summed E-state index contributed by atoms with van der Waals surface area (Å²) in [6.45, 7) is 0. The van der Waals surface area contributed by atoms with E-state index in [1.54, 1.807) is 0 Å². The summed E-state index contributed by atoms with van der Waals surface area (Å²) in [6, 6.07) is 2.81. The van der Waals surface area contributed by atoms with Gasteiger partial charge in [0.25, 0.3) is 0 Å². The van der Waals surface area contributed by atoms with Crippen molar-refractivity contribution in [2.24, 2.45) is 0 Å². The van der Waals surface area contributed by atoms with E-state index in [0.29, 0.717) is 17.2 Å². The van der Waals surface area contributed by atoms with E-state index in [2.05, 4.69) is 0 Å². The first kappa shape index (κ1) is 11.6. The molecule has 2 rings (SSSR count). The summed E-state index contributed by atoms with van der Waals surface area (Å²) in [5.74, 6) is -0.221. The maximum Gasteiger partial charge on any atom is 0.335 e. The molecule has 0 radical (unpaired) electrons. The molecule has 17 heavy (non-hydrogen) atoms. The van der Waals surface area contributed by atoms with Crippen LogP contribution in [0.15, 0.2) is 12.1 Å². The third-order valence-corrected chi connectivity index (χ3v) is 2.89. The van der Waals surface area contributed by atoms with Gasteiger partial charge in [0.15, 0.2) is 11.5 Å². The number of anilines is 1. The number of carboxylic acids is 1. The Hall–Kier alpha value is -1.91. The van der Waals surface area contributed by atoms with Gasteiger partial charge in [0.1, 0.15) is 0 Å². The molecular formula is C12H15NO4. The molecule has 0 heterocycles. The molecule has 1 aliphatic carbocycles. The van der Waals surface area contributed by atoms with Crippen LogP contribution in [0, 0.1) is 0 Å². The van der Waals surface area contributed by atoms with Crippen molar-refractivity contribution in [2.45, 2.75) is 25.4 Å².